The number of nitrogens with zero attached hydrogens (tertiary/aromatic N) is 2. The number of aryl methyl sites for hydroxylation is 3. The van der Waals surface area contributed by atoms with Crippen molar-refractivity contribution in [2.75, 3.05) is 17.9 Å². The molecular weight excluding hydrogens is 493 g/mol. The van der Waals surface area contributed by atoms with Crippen molar-refractivity contribution in [2.24, 2.45) is 0 Å². The predicted octanol–water partition coefficient (Wildman–Crippen LogP) is 4.11. The maximum Gasteiger partial charge on any atom is 0.264 e. The van der Waals surface area contributed by atoms with Crippen LogP contribution in [0.3, 0.4) is 0 Å². The molecule has 7 nitrogen and oxygen atoms in total. The third-order valence-electron chi connectivity index (χ3n) is 6.09. The molecule has 3 aromatic carbocycles. The van der Waals surface area contributed by atoms with Gasteiger partial charge in [0, 0.05) is 19.2 Å². The number of nitrogens with one attached hydrogen (secondary N) is 1. The van der Waals surface area contributed by atoms with Crippen molar-refractivity contribution in [3.8, 4) is 0 Å². The molecule has 0 aliphatic rings. The zero-order chi connectivity index (χ0) is 27.3. The number of hydrogen-bond donors (Lipinski definition) is 1. The SMILES string of the molecule is CNC(=O)[C@H](C)N(Cc1ccccc1F)C(=O)CN(c1cc(C)cc(C)c1)S(=O)(=O)c1ccc(C)cc1. The van der Waals surface area contributed by atoms with Crippen LogP contribution < -0.4 is 9.62 Å². The lowest BCUT2D eigenvalue weighted by molar-refractivity contribution is -0.139. The van der Waals surface area contributed by atoms with Gasteiger partial charge in [-0.3, -0.25) is 13.9 Å². The second-order valence-corrected chi connectivity index (χ2v) is 10.9. The van der Waals surface area contributed by atoms with Crippen LogP contribution in [-0.2, 0) is 26.2 Å². The Kier molecular flexibility index (Phi) is 8.70. The van der Waals surface area contributed by atoms with Crippen molar-refractivity contribution >= 4 is 27.5 Å². The van der Waals surface area contributed by atoms with E-state index in [4.69, 9.17) is 0 Å². The lowest BCUT2D eigenvalue weighted by atomic mass is 10.1. The summed E-state index contributed by atoms with van der Waals surface area (Å²) in [6.07, 6.45) is 0. The normalized spacial score (nSPS) is 12.1. The van der Waals surface area contributed by atoms with E-state index in [1.54, 1.807) is 30.3 Å². The van der Waals surface area contributed by atoms with Crippen molar-refractivity contribution in [1.29, 1.82) is 0 Å². The standard InChI is InChI=1S/C28H32FN3O4S/c1-19-10-12-25(13-11-19)37(35,36)32(24-15-20(2)14-21(3)16-24)18-27(33)31(22(4)28(34)30-5)17-23-8-6-7-9-26(23)29/h6-16,22H,17-18H2,1-5H3,(H,30,34)/t22-/m0/s1. The molecule has 0 spiro atoms. The maximum atomic E-state index is 14.5. The Bertz CT molecular complexity index is 1370. The van der Waals surface area contributed by atoms with Crippen molar-refractivity contribution in [1.82, 2.24) is 10.2 Å². The molecule has 0 aromatic heterocycles. The molecule has 0 aliphatic carbocycles. The minimum absolute atomic E-state index is 0.0325. The summed E-state index contributed by atoms with van der Waals surface area (Å²) in [5.41, 5.74) is 3.08. The Morgan fingerprint density at radius 3 is 2.08 bits per heavy atom. The summed E-state index contributed by atoms with van der Waals surface area (Å²) >= 11 is 0. The quantitative estimate of drug-likeness (QED) is 0.456. The summed E-state index contributed by atoms with van der Waals surface area (Å²) in [7, 11) is -2.72. The van der Waals surface area contributed by atoms with E-state index in [2.05, 4.69) is 5.32 Å². The first-order valence-corrected chi connectivity index (χ1v) is 13.3. The average Bonchev–Trinajstić information content (AvgIpc) is 2.85. The van der Waals surface area contributed by atoms with Gasteiger partial charge < -0.3 is 10.2 Å². The molecule has 1 atom stereocenters. The van der Waals surface area contributed by atoms with Crippen molar-refractivity contribution < 1.29 is 22.4 Å². The Labute approximate surface area is 218 Å². The second-order valence-electron chi connectivity index (χ2n) is 9.07. The number of carbonyl (C=O) groups is 2. The lowest BCUT2D eigenvalue weighted by Gasteiger charge is -2.32. The first-order chi connectivity index (χ1) is 17.4. The number of benzene rings is 3. The third-order valence-corrected chi connectivity index (χ3v) is 7.88. The van der Waals surface area contributed by atoms with Crippen molar-refractivity contribution in [3.05, 3.63) is 94.8 Å². The highest BCUT2D eigenvalue weighted by atomic mass is 32.2. The zero-order valence-electron chi connectivity index (χ0n) is 21.7. The van der Waals surface area contributed by atoms with Crippen LogP contribution in [0.1, 0.15) is 29.2 Å². The van der Waals surface area contributed by atoms with Crippen LogP contribution in [0, 0.1) is 26.6 Å². The molecule has 0 aliphatic heterocycles. The molecule has 0 bridgehead atoms. The fourth-order valence-electron chi connectivity index (χ4n) is 4.06. The van der Waals surface area contributed by atoms with E-state index in [-0.39, 0.29) is 17.0 Å². The molecule has 0 saturated carbocycles. The molecule has 3 aromatic rings. The van der Waals surface area contributed by atoms with Crippen LogP contribution in [0.5, 0.6) is 0 Å². The predicted molar refractivity (Wildman–Crippen MR) is 142 cm³/mol. The molecule has 2 amide bonds. The molecule has 196 valence electrons. The highest BCUT2D eigenvalue weighted by Gasteiger charge is 2.32. The largest absolute Gasteiger partial charge is 0.357 e. The number of rotatable bonds is 9. The molecule has 0 heterocycles. The second kappa shape index (κ2) is 11.6. The minimum atomic E-state index is -4.15. The van der Waals surface area contributed by atoms with E-state index in [0.29, 0.717) is 5.69 Å². The molecule has 37 heavy (non-hydrogen) atoms. The van der Waals surface area contributed by atoms with E-state index in [9.17, 15) is 22.4 Å². The zero-order valence-corrected chi connectivity index (χ0v) is 22.5. The Morgan fingerprint density at radius 1 is 0.919 bits per heavy atom. The van der Waals surface area contributed by atoms with E-state index >= 15 is 0 Å². The summed E-state index contributed by atoms with van der Waals surface area (Å²) in [4.78, 5) is 27.4. The van der Waals surface area contributed by atoms with Gasteiger partial charge in [0.1, 0.15) is 18.4 Å². The van der Waals surface area contributed by atoms with Gasteiger partial charge in [0.2, 0.25) is 11.8 Å². The molecule has 1 N–H and O–H groups in total. The molecule has 9 heteroatoms. The number of amides is 2. The Balaban J connectivity index is 2.08. The fraction of sp³-hybridized carbons (Fsp3) is 0.286. The van der Waals surface area contributed by atoms with Crippen LogP contribution in [0.25, 0.3) is 0 Å². The van der Waals surface area contributed by atoms with E-state index in [1.165, 1.54) is 49.2 Å². The van der Waals surface area contributed by atoms with Gasteiger partial charge in [0.15, 0.2) is 0 Å². The summed E-state index contributed by atoms with van der Waals surface area (Å²) in [5.74, 6) is -1.62. The summed E-state index contributed by atoms with van der Waals surface area (Å²) in [6.45, 7) is 6.27. The fourth-order valence-corrected chi connectivity index (χ4v) is 5.46. The molecule has 3 rings (SSSR count). The van der Waals surface area contributed by atoms with Crippen molar-refractivity contribution in [2.45, 2.75) is 45.2 Å². The Morgan fingerprint density at radius 2 is 1.51 bits per heavy atom. The number of hydrogen-bond acceptors (Lipinski definition) is 4. The number of likely N-dealkylation sites (N-methyl/N-ethyl adjacent to an activating group) is 1. The monoisotopic (exact) mass is 525 g/mol. The van der Waals surface area contributed by atoms with Crippen LogP contribution in [-0.4, -0.2) is 44.8 Å². The van der Waals surface area contributed by atoms with Gasteiger partial charge in [-0.15, -0.1) is 0 Å². The number of anilines is 1. The van der Waals surface area contributed by atoms with E-state index in [1.807, 2.05) is 26.8 Å². The minimum Gasteiger partial charge on any atom is -0.357 e. The van der Waals surface area contributed by atoms with Gasteiger partial charge in [0.25, 0.3) is 10.0 Å². The maximum absolute atomic E-state index is 14.5. The van der Waals surface area contributed by atoms with Gasteiger partial charge in [-0.25, -0.2) is 12.8 Å². The molecule has 0 radical (unpaired) electrons. The number of halogens is 1. The summed E-state index contributed by atoms with van der Waals surface area (Å²) in [6, 6.07) is 16.6. The van der Waals surface area contributed by atoms with Crippen LogP contribution in [0.4, 0.5) is 10.1 Å². The van der Waals surface area contributed by atoms with Crippen LogP contribution in [0.2, 0.25) is 0 Å². The van der Waals surface area contributed by atoms with E-state index in [0.717, 1.165) is 21.0 Å². The van der Waals surface area contributed by atoms with Gasteiger partial charge in [-0.1, -0.05) is 42.0 Å². The number of sulfonamides is 1. The topological polar surface area (TPSA) is 86.8 Å². The molecule has 0 fully saturated rings. The summed E-state index contributed by atoms with van der Waals surface area (Å²) < 4.78 is 43.1. The van der Waals surface area contributed by atoms with Crippen molar-refractivity contribution in [3.63, 3.8) is 0 Å². The first kappa shape index (κ1) is 27.9. The summed E-state index contributed by atoms with van der Waals surface area (Å²) in [5, 5.41) is 2.50. The Hall–Kier alpha value is -3.72. The molecular formula is C28H32FN3O4S. The first-order valence-electron chi connectivity index (χ1n) is 11.9. The van der Waals surface area contributed by atoms with E-state index < -0.39 is 40.2 Å². The highest BCUT2D eigenvalue weighted by molar-refractivity contribution is 7.92. The highest BCUT2D eigenvalue weighted by Crippen LogP contribution is 2.27. The van der Waals surface area contributed by atoms with Crippen LogP contribution in [0.15, 0.2) is 71.6 Å². The molecule has 0 unspecified atom stereocenters. The number of carbonyl (C=O) groups excluding carboxylic acids is 2. The average molecular weight is 526 g/mol. The van der Waals surface area contributed by atoms with Gasteiger partial charge >= 0.3 is 0 Å². The van der Waals surface area contributed by atoms with Gasteiger partial charge in [-0.05, 0) is 69.2 Å². The third kappa shape index (κ3) is 6.54. The lowest BCUT2D eigenvalue weighted by Crippen LogP contribution is -2.50. The van der Waals surface area contributed by atoms with Gasteiger partial charge in [0.05, 0.1) is 10.6 Å². The van der Waals surface area contributed by atoms with Gasteiger partial charge in [-0.2, -0.15) is 0 Å². The smallest absolute Gasteiger partial charge is 0.264 e. The van der Waals surface area contributed by atoms with Crippen LogP contribution >= 0.6 is 0 Å². The molecule has 0 saturated heterocycles.